The molecule has 0 radical (unpaired) electrons. The lowest BCUT2D eigenvalue weighted by molar-refractivity contribution is -0.121. The number of carbonyl (C=O) groups excluding carboxylic acids is 1. The van der Waals surface area contributed by atoms with E-state index in [-0.39, 0.29) is 11.9 Å². The van der Waals surface area contributed by atoms with Gasteiger partial charge in [0.25, 0.3) is 0 Å². The van der Waals surface area contributed by atoms with Gasteiger partial charge < -0.3 is 11.1 Å². The molecule has 3 N–H and O–H groups in total. The Morgan fingerprint density at radius 3 is 2.53 bits per heavy atom. The van der Waals surface area contributed by atoms with Gasteiger partial charge in [0.05, 0.1) is 0 Å². The van der Waals surface area contributed by atoms with Crippen LogP contribution in [0.5, 0.6) is 0 Å². The summed E-state index contributed by atoms with van der Waals surface area (Å²) in [6.45, 7) is 8.72. The number of nitrogens with one attached hydrogen (secondary N) is 1. The third kappa shape index (κ3) is 3.86. The molecule has 3 nitrogen and oxygen atoms in total. The Labute approximate surface area is 103 Å². The molecule has 3 heteroatoms. The Bertz CT molecular complexity index is 411. The number of amides is 1. The molecular weight excluding hydrogens is 212 g/mol. The zero-order valence-corrected chi connectivity index (χ0v) is 11.1. The molecule has 17 heavy (non-hydrogen) atoms. The molecule has 1 aromatic rings. The average Bonchev–Trinajstić information content (AvgIpc) is 2.24. The molecule has 1 unspecified atom stereocenters. The van der Waals surface area contributed by atoms with Crippen molar-refractivity contribution in [1.82, 2.24) is 5.32 Å². The zero-order chi connectivity index (χ0) is 13.0. The lowest BCUT2D eigenvalue weighted by atomic mass is 9.99. The smallest absolute Gasteiger partial charge is 0.221 e. The van der Waals surface area contributed by atoms with Crippen molar-refractivity contribution in [2.45, 2.75) is 46.7 Å². The Morgan fingerprint density at radius 1 is 1.29 bits per heavy atom. The zero-order valence-electron chi connectivity index (χ0n) is 11.1. The highest BCUT2D eigenvalue weighted by atomic mass is 16.1. The van der Waals surface area contributed by atoms with Crippen LogP contribution in [0.25, 0.3) is 0 Å². The van der Waals surface area contributed by atoms with Crippen LogP contribution >= 0.6 is 0 Å². The van der Waals surface area contributed by atoms with Crippen molar-refractivity contribution in [1.29, 1.82) is 0 Å². The molecule has 0 saturated heterocycles. The fourth-order valence-electron chi connectivity index (χ4n) is 1.76. The minimum absolute atomic E-state index is 0.0117. The number of rotatable bonds is 4. The van der Waals surface area contributed by atoms with Gasteiger partial charge in [-0.1, -0.05) is 12.1 Å². The molecule has 1 amide bonds. The van der Waals surface area contributed by atoms with E-state index in [1.54, 1.807) is 0 Å². The van der Waals surface area contributed by atoms with Gasteiger partial charge in [-0.05, 0) is 49.9 Å². The van der Waals surface area contributed by atoms with Crippen LogP contribution < -0.4 is 11.1 Å². The minimum atomic E-state index is -0.0872. The van der Waals surface area contributed by atoms with E-state index >= 15 is 0 Å². The van der Waals surface area contributed by atoms with Crippen molar-refractivity contribution in [3.63, 3.8) is 0 Å². The highest BCUT2D eigenvalue weighted by Crippen LogP contribution is 2.16. The number of hydrogen-bond donors (Lipinski definition) is 2. The van der Waals surface area contributed by atoms with Gasteiger partial charge in [0.15, 0.2) is 0 Å². The van der Waals surface area contributed by atoms with Gasteiger partial charge in [0.2, 0.25) is 5.91 Å². The largest absolute Gasteiger partial charge is 0.352 e. The summed E-state index contributed by atoms with van der Waals surface area (Å²) in [6.07, 6.45) is 0.379. The number of aryl methyl sites for hydroxylation is 1. The van der Waals surface area contributed by atoms with E-state index in [2.05, 4.69) is 38.2 Å². The minimum Gasteiger partial charge on any atom is -0.352 e. The van der Waals surface area contributed by atoms with E-state index in [0.29, 0.717) is 13.0 Å². The number of carbonyl (C=O) groups is 1. The first-order valence-electron chi connectivity index (χ1n) is 5.99. The van der Waals surface area contributed by atoms with E-state index < -0.39 is 0 Å². The molecule has 0 spiro atoms. The predicted molar refractivity (Wildman–Crippen MR) is 70.8 cm³/mol. The maximum absolute atomic E-state index is 11.5. The second-order valence-corrected chi connectivity index (χ2v) is 4.75. The summed E-state index contributed by atoms with van der Waals surface area (Å²) >= 11 is 0. The lowest BCUT2D eigenvalue weighted by Crippen LogP contribution is -2.29. The lowest BCUT2D eigenvalue weighted by Gasteiger charge is -2.12. The predicted octanol–water partition coefficient (Wildman–Crippen LogP) is 1.97. The molecule has 0 fully saturated rings. The summed E-state index contributed by atoms with van der Waals surface area (Å²) in [4.78, 5) is 11.5. The topological polar surface area (TPSA) is 55.1 Å². The molecule has 0 aliphatic rings. The van der Waals surface area contributed by atoms with Crippen molar-refractivity contribution < 1.29 is 4.79 Å². The van der Waals surface area contributed by atoms with Crippen LogP contribution in [0.4, 0.5) is 0 Å². The van der Waals surface area contributed by atoms with Crippen molar-refractivity contribution in [3.8, 4) is 0 Å². The van der Waals surface area contributed by atoms with Gasteiger partial charge in [0, 0.05) is 19.0 Å². The van der Waals surface area contributed by atoms with Crippen LogP contribution in [0.2, 0.25) is 0 Å². The molecular formula is C14H22N2O. The van der Waals surface area contributed by atoms with Crippen LogP contribution in [0.15, 0.2) is 12.1 Å². The van der Waals surface area contributed by atoms with E-state index in [4.69, 9.17) is 5.73 Å². The fourth-order valence-corrected chi connectivity index (χ4v) is 1.76. The fraction of sp³-hybridized carbons (Fsp3) is 0.500. The van der Waals surface area contributed by atoms with Crippen molar-refractivity contribution in [2.75, 3.05) is 0 Å². The normalized spacial score (nSPS) is 12.3. The van der Waals surface area contributed by atoms with Crippen LogP contribution in [0, 0.1) is 20.8 Å². The Morgan fingerprint density at radius 2 is 1.94 bits per heavy atom. The standard InChI is InChI=1S/C14H22N2O/c1-9-5-6-13(12(4)11(9)3)8-16-14(17)7-10(2)15/h5-6,10H,7-8,15H2,1-4H3,(H,16,17). The van der Waals surface area contributed by atoms with Crippen LogP contribution in [0.1, 0.15) is 35.6 Å². The van der Waals surface area contributed by atoms with Gasteiger partial charge in [-0.2, -0.15) is 0 Å². The van der Waals surface area contributed by atoms with Crippen molar-refractivity contribution in [3.05, 3.63) is 34.4 Å². The van der Waals surface area contributed by atoms with E-state index in [1.807, 2.05) is 6.92 Å². The maximum Gasteiger partial charge on any atom is 0.221 e. The number of hydrogen-bond acceptors (Lipinski definition) is 2. The molecule has 0 bridgehead atoms. The first kappa shape index (κ1) is 13.7. The second-order valence-electron chi connectivity index (χ2n) is 4.75. The van der Waals surface area contributed by atoms with Crippen LogP contribution in [-0.4, -0.2) is 11.9 Å². The summed E-state index contributed by atoms with van der Waals surface area (Å²) in [6, 6.07) is 4.08. The van der Waals surface area contributed by atoms with Gasteiger partial charge in [-0.15, -0.1) is 0 Å². The Balaban J connectivity index is 2.64. The molecule has 0 saturated carbocycles. The first-order valence-corrected chi connectivity index (χ1v) is 5.99. The van der Waals surface area contributed by atoms with Crippen molar-refractivity contribution >= 4 is 5.91 Å². The molecule has 0 heterocycles. The average molecular weight is 234 g/mol. The number of benzene rings is 1. The SMILES string of the molecule is Cc1ccc(CNC(=O)CC(C)N)c(C)c1C. The third-order valence-electron chi connectivity index (χ3n) is 3.15. The second kappa shape index (κ2) is 5.82. The molecule has 0 aliphatic carbocycles. The quantitative estimate of drug-likeness (QED) is 0.836. The maximum atomic E-state index is 11.5. The van der Waals surface area contributed by atoms with Gasteiger partial charge in [-0.25, -0.2) is 0 Å². The molecule has 94 valence electrons. The van der Waals surface area contributed by atoms with Gasteiger partial charge in [0.1, 0.15) is 0 Å². The summed E-state index contributed by atoms with van der Waals surface area (Å²) in [5.74, 6) is 0.0117. The van der Waals surface area contributed by atoms with Gasteiger partial charge >= 0.3 is 0 Å². The molecule has 1 atom stereocenters. The molecule has 0 aliphatic heterocycles. The Hall–Kier alpha value is -1.35. The van der Waals surface area contributed by atoms with Gasteiger partial charge in [-0.3, -0.25) is 4.79 Å². The summed E-state index contributed by atoms with van der Waals surface area (Å²) in [5.41, 5.74) is 10.6. The van der Waals surface area contributed by atoms with E-state index in [9.17, 15) is 4.79 Å². The van der Waals surface area contributed by atoms with E-state index in [1.165, 1.54) is 22.3 Å². The number of nitrogens with two attached hydrogens (primary N) is 1. The summed E-state index contributed by atoms with van der Waals surface area (Å²) in [7, 11) is 0. The van der Waals surface area contributed by atoms with E-state index in [0.717, 1.165) is 0 Å². The highest BCUT2D eigenvalue weighted by molar-refractivity contribution is 5.76. The summed E-state index contributed by atoms with van der Waals surface area (Å²) < 4.78 is 0. The summed E-state index contributed by atoms with van der Waals surface area (Å²) in [5, 5.41) is 2.90. The third-order valence-corrected chi connectivity index (χ3v) is 3.15. The first-order chi connectivity index (χ1) is 7.91. The highest BCUT2D eigenvalue weighted by Gasteiger charge is 2.07. The molecule has 0 aromatic heterocycles. The van der Waals surface area contributed by atoms with Crippen LogP contribution in [0.3, 0.4) is 0 Å². The molecule has 1 aromatic carbocycles. The molecule has 1 rings (SSSR count). The monoisotopic (exact) mass is 234 g/mol. The van der Waals surface area contributed by atoms with Crippen LogP contribution in [-0.2, 0) is 11.3 Å². The van der Waals surface area contributed by atoms with Crippen molar-refractivity contribution in [2.24, 2.45) is 5.73 Å². The Kier molecular flexibility index (Phi) is 4.70.